The molecule has 2 aromatic carbocycles. The predicted molar refractivity (Wildman–Crippen MR) is 81.8 cm³/mol. The van der Waals surface area contributed by atoms with Gasteiger partial charge in [-0.25, -0.2) is 4.39 Å². The molecule has 0 aliphatic rings. The molecule has 0 aliphatic heterocycles. The average Bonchev–Trinajstić information content (AvgIpc) is 2.81. The second-order valence-corrected chi connectivity index (χ2v) is 5.39. The Morgan fingerprint density at radius 1 is 1.15 bits per heavy atom. The van der Waals surface area contributed by atoms with E-state index in [9.17, 15) is 4.39 Å². The Morgan fingerprint density at radius 2 is 1.90 bits per heavy atom. The number of aromatic amines is 1. The maximum Gasteiger partial charge on any atom is 0.200 e. The lowest BCUT2D eigenvalue weighted by molar-refractivity contribution is 0.627. The number of halogens is 2. The maximum absolute atomic E-state index is 13.2. The van der Waals surface area contributed by atoms with Crippen molar-refractivity contribution in [3.8, 4) is 17.1 Å². The van der Waals surface area contributed by atoms with Crippen molar-refractivity contribution < 1.29 is 4.39 Å². The molecule has 3 nitrogen and oxygen atoms in total. The molecule has 0 atom stereocenters. The molecule has 0 spiro atoms. The van der Waals surface area contributed by atoms with E-state index in [1.165, 1.54) is 12.1 Å². The summed E-state index contributed by atoms with van der Waals surface area (Å²) in [5, 5.41) is 7.02. The van der Waals surface area contributed by atoms with Gasteiger partial charge in [-0.3, -0.25) is 9.67 Å². The number of aromatic nitrogens is 3. The second kappa shape index (κ2) is 5.30. The fraction of sp³-hybridized carbons (Fsp3) is 0. The number of nitrogens with zero attached hydrogens (tertiary/aromatic N) is 2. The van der Waals surface area contributed by atoms with E-state index in [4.69, 9.17) is 12.2 Å². The standard InChI is InChI=1S/C14H9BrFN3S/c15-12-8-9(16)6-7-11(12)13-17-18-14(20)19(13)10-4-2-1-3-5-10/h1-8H,(H,18,20). The summed E-state index contributed by atoms with van der Waals surface area (Å²) in [6.07, 6.45) is 0. The van der Waals surface area contributed by atoms with Gasteiger partial charge < -0.3 is 0 Å². The number of rotatable bonds is 2. The van der Waals surface area contributed by atoms with Crippen molar-refractivity contribution in [3.05, 3.63) is 63.6 Å². The first-order chi connectivity index (χ1) is 9.66. The predicted octanol–water partition coefficient (Wildman–Crippen LogP) is 4.50. The van der Waals surface area contributed by atoms with E-state index in [1.807, 2.05) is 34.9 Å². The van der Waals surface area contributed by atoms with Crippen molar-refractivity contribution in [3.63, 3.8) is 0 Å². The SMILES string of the molecule is Fc1ccc(-c2n[nH]c(=S)n2-c2ccccc2)c(Br)c1. The van der Waals surface area contributed by atoms with E-state index in [1.54, 1.807) is 6.07 Å². The first kappa shape index (κ1) is 13.2. The molecular weight excluding hydrogens is 341 g/mol. The maximum atomic E-state index is 13.2. The first-order valence-corrected chi connectivity index (χ1v) is 7.05. The average molecular weight is 350 g/mol. The van der Waals surface area contributed by atoms with Gasteiger partial charge in [-0.15, -0.1) is 0 Å². The van der Waals surface area contributed by atoms with Crippen molar-refractivity contribution in [2.24, 2.45) is 0 Å². The molecule has 1 aromatic heterocycles. The van der Waals surface area contributed by atoms with Crippen molar-refractivity contribution >= 4 is 28.1 Å². The molecule has 0 unspecified atom stereocenters. The fourth-order valence-corrected chi connectivity index (χ4v) is 2.73. The highest BCUT2D eigenvalue weighted by atomic mass is 79.9. The normalized spacial score (nSPS) is 10.7. The summed E-state index contributed by atoms with van der Waals surface area (Å²) in [5.41, 5.74) is 1.67. The van der Waals surface area contributed by atoms with Crippen LogP contribution in [0.3, 0.4) is 0 Å². The summed E-state index contributed by atoms with van der Waals surface area (Å²) in [7, 11) is 0. The van der Waals surface area contributed by atoms with Gasteiger partial charge in [0.2, 0.25) is 0 Å². The number of benzene rings is 2. The minimum absolute atomic E-state index is 0.305. The van der Waals surface area contributed by atoms with Crippen LogP contribution in [0.4, 0.5) is 4.39 Å². The van der Waals surface area contributed by atoms with Crippen LogP contribution in [0.15, 0.2) is 53.0 Å². The van der Waals surface area contributed by atoms with Crippen LogP contribution in [0.5, 0.6) is 0 Å². The van der Waals surface area contributed by atoms with Crippen LogP contribution in [-0.4, -0.2) is 14.8 Å². The molecule has 0 amide bonds. The van der Waals surface area contributed by atoms with Gasteiger partial charge in [-0.05, 0) is 58.5 Å². The van der Waals surface area contributed by atoms with Gasteiger partial charge >= 0.3 is 0 Å². The van der Waals surface area contributed by atoms with Crippen molar-refractivity contribution in [2.75, 3.05) is 0 Å². The summed E-state index contributed by atoms with van der Waals surface area (Å²) >= 11 is 8.64. The van der Waals surface area contributed by atoms with E-state index < -0.39 is 0 Å². The molecule has 0 aliphatic carbocycles. The van der Waals surface area contributed by atoms with E-state index in [-0.39, 0.29) is 5.82 Å². The number of hydrogen-bond donors (Lipinski definition) is 1. The zero-order valence-corrected chi connectivity index (χ0v) is 12.6. The largest absolute Gasteiger partial charge is 0.268 e. The third kappa shape index (κ3) is 2.32. The van der Waals surface area contributed by atoms with E-state index in [2.05, 4.69) is 26.1 Å². The van der Waals surface area contributed by atoms with E-state index in [0.29, 0.717) is 15.1 Å². The molecule has 100 valence electrons. The minimum Gasteiger partial charge on any atom is -0.268 e. The van der Waals surface area contributed by atoms with Crippen LogP contribution in [0.1, 0.15) is 0 Å². The molecule has 0 saturated heterocycles. The van der Waals surface area contributed by atoms with Crippen molar-refractivity contribution in [1.82, 2.24) is 14.8 Å². The van der Waals surface area contributed by atoms with Crippen LogP contribution < -0.4 is 0 Å². The monoisotopic (exact) mass is 349 g/mol. The minimum atomic E-state index is -0.305. The molecule has 0 radical (unpaired) electrons. The van der Waals surface area contributed by atoms with Gasteiger partial charge in [0.05, 0.1) is 0 Å². The Balaban J connectivity index is 2.24. The van der Waals surface area contributed by atoms with Gasteiger partial charge in [0.15, 0.2) is 10.6 Å². The summed E-state index contributed by atoms with van der Waals surface area (Å²) in [4.78, 5) is 0. The molecule has 1 N–H and O–H groups in total. The zero-order valence-electron chi connectivity index (χ0n) is 10.2. The van der Waals surface area contributed by atoms with Crippen LogP contribution in [0.25, 0.3) is 17.1 Å². The van der Waals surface area contributed by atoms with Crippen LogP contribution in [0, 0.1) is 10.6 Å². The Kier molecular flexibility index (Phi) is 3.50. The van der Waals surface area contributed by atoms with Gasteiger partial charge in [-0.1, -0.05) is 18.2 Å². The molecule has 20 heavy (non-hydrogen) atoms. The highest BCUT2D eigenvalue weighted by molar-refractivity contribution is 9.10. The summed E-state index contributed by atoms with van der Waals surface area (Å²) in [5.74, 6) is 0.328. The Hall–Kier alpha value is -1.79. The summed E-state index contributed by atoms with van der Waals surface area (Å²) in [6, 6.07) is 14.1. The molecule has 1 heterocycles. The second-order valence-electron chi connectivity index (χ2n) is 4.15. The van der Waals surface area contributed by atoms with E-state index in [0.717, 1.165) is 11.3 Å². The molecule has 6 heteroatoms. The molecule has 0 saturated carbocycles. The topological polar surface area (TPSA) is 33.6 Å². The van der Waals surface area contributed by atoms with Crippen LogP contribution >= 0.6 is 28.1 Å². The van der Waals surface area contributed by atoms with Gasteiger partial charge in [0.25, 0.3) is 0 Å². The van der Waals surface area contributed by atoms with Crippen molar-refractivity contribution in [2.45, 2.75) is 0 Å². The molecule has 0 bridgehead atoms. The molecular formula is C14H9BrFN3S. The summed E-state index contributed by atoms with van der Waals surface area (Å²) in [6.45, 7) is 0. The quantitative estimate of drug-likeness (QED) is 0.691. The number of para-hydroxylation sites is 1. The Labute approximate surface area is 128 Å². The lowest BCUT2D eigenvalue weighted by atomic mass is 10.2. The van der Waals surface area contributed by atoms with Crippen molar-refractivity contribution in [1.29, 1.82) is 0 Å². The smallest absolute Gasteiger partial charge is 0.200 e. The molecule has 3 aromatic rings. The Morgan fingerprint density at radius 3 is 2.60 bits per heavy atom. The van der Waals surface area contributed by atoms with Gasteiger partial charge in [-0.2, -0.15) is 5.10 Å². The van der Waals surface area contributed by atoms with Gasteiger partial charge in [0, 0.05) is 15.7 Å². The molecule has 0 fully saturated rings. The molecule has 3 rings (SSSR count). The Bertz CT molecular complexity index is 811. The summed E-state index contributed by atoms with van der Waals surface area (Å²) < 4.78 is 16.1. The number of nitrogens with one attached hydrogen (secondary N) is 1. The zero-order chi connectivity index (χ0) is 14.1. The highest BCUT2D eigenvalue weighted by Gasteiger charge is 2.13. The third-order valence-electron chi connectivity index (χ3n) is 2.86. The van der Waals surface area contributed by atoms with Crippen LogP contribution in [0.2, 0.25) is 0 Å². The lowest BCUT2D eigenvalue weighted by Crippen LogP contribution is -1.98. The number of hydrogen-bond acceptors (Lipinski definition) is 2. The van der Waals surface area contributed by atoms with E-state index >= 15 is 0 Å². The third-order valence-corrected chi connectivity index (χ3v) is 3.79. The first-order valence-electron chi connectivity index (χ1n) is 5.85. The highest BCUT2D eigenvalue weighted by Crippen LogP contribution is 2.29. The fourth-order valence-electron chi connectivity index (χ4n) is 1.97. The lowest BCUT2D eigenvalue weighted by Gasteiger charge is -2.08. The number of H-pyrrole nitrogens is 1. The van der Waals surface area contributed by atoms with Gasteiger partial charge in [0.1, 0.15) is 5.82 Å². The van der Waals surface area contributed by atoms with Crippen LogP contribution in [-0.2, 0) is 0 Å².